The minimum absolute atomic E-state index is 0.0765. The van der Waals surface area contributed by atoms with E-state index in [-0.39, 0.29) is 6.61 Å². The predicted octanol–water partition coefficient (Wildman–Crippen LogP) is 1.97. The van der Waals surface area contributed by atoms with Crippen LogP contribution in [0.25, 0.3) is 0 Å². The molecule has 1 aromatic heterocycles. The second kappa shape index (κ2) is 6.07. The molecule has 1 saturated carbocycles. The molecule has 0 radical (unpaired) electrons. The number of rotatable bonds is 6. The summed E-state index contributed by atoms with van der Waals surface area (Å²) in [6.07, 6.45) is 2.75. The third-order valence-electron chi connectivity index (χ3n) is 3.38. The van der Waals surface area contributed by atoms with Gasteiger partial charge in [-0.1, -0.05) is 18.2 Å². The monoisotopic (exact) mass is 286 g/mol. The largest absolute Gasteiger partial charge is 0.439 e. The number of hydrogen-bond acceptors (Lipinski definition) is 6. The fraction of sp³-hybridized carbons (Fsp3) is 0.333. The molecule has 21 heavy (non-hydrogen) atoms. The van der Waals surface area contributed by atoms with Gasteiger partial charge in [-0.05, 0) is 30.9 Å². The Morgan fingerprint density at radius 3 is 2.81 bits per heavy atom. The van der Waals surface area contributed by atoms with Crippen LogP contribution < -0.4 is 16.0 Å². The Kier molecular flexibility index (Phi) is 3.98. The van der Waals surface area contributed by atoms with Crippen molar-refractivity contribution < 1.29 is 9.84 Å². The molecule has 6 heteroatoms. The number of hydrogen-bond donors (Lipinski definition) is 3. The van der Waals surface area contributed by atoms with Gasteiger partial charge in [-0.2, -0.15) is 4.98 Å². The van der Waals surface area contributed by atoms with Gasteiger partial charge in [0.1, 0.15) is 17.4 Å². The van der Waals surface area contributed by atoms with Gasteiger partial charge >= 0.3 is 0 Å². The van der Waals surface area contributed by atoms with Gasteiger partial charge in [0.05, 0.1) is 0 Å². The first kappa shape index (κ1) is 13.8. The quantitative estimate of drug-likeness (QED) is 0.555. The lowest BCUT2D eigenvalue weighted by Crippen LogP contribution is -2.10. The second-order valence-electron chi connectivity index (χ2n) is 5.05. The normalized spacial score (nSPS) is 14.0. The Morgan fingerprint density at radius 1 is 1.29 bits per heavy atom. The number of para-hydroxylation sites is 1. The molecule has 3 rings (SSSR count). The lowest BCUT2D eigenvalue weighted by molar-refractivity contribution is 0.297. The van der Waals surface area contributed by atoms with Crippen molar-refractivity contribution >= 4 is 5.82 Å². The number of aliphatic hydroxyl groups is 1. The fourth-order valence-corrected chi connectivity index (χ4v) is 2.14. The Hall–Kier alpha value is -2.18. The van der Waals surface area contributed by atoms with Crippen LogP contribution in [0.4, 0.5) is 5.82 Å². The summed E-state index contributed by atoms with van der Waals surface area (Å²) in [5.41, 5.74) is 3.48. The summed E-state index contributed by atoms with van der Waals surface area (Å²) in [5, 5.41) is 9.11. The van der Waals surface area contributed by atoms with Crippen molar-refractivity contribution in [3.8, 4) is 11.6 Å². The predicted molar refractivity (Wildman–Crippen MR) is 79.1 cm³/mol. The molecule has 0 saturated heterocycles. The van der Waals surface area contributed by atoms with Crippen LogP contribution in [0.5, 0.6) is 11.6 Å². The molecule has 0 atom stereocenters. The van der Waals surface area contributed by atoms with Gasteiger partial charge in [0, 0.05) is 18.6 Å². The molecular weight excluding hydrogens is 268 g/mol. The van der Waals surface area contributed by atoms with Crippen LogP contribution in [0.2, 0.25) is 0 Å². The van der Waals surface area contributed by atoms with Crippen LogP contribution >= 0.6 is 0 Å². The molecule has 0 unspecified atom stereocenters. The summed E-state index contributed by atoms with van der Waals surface area (Å²) in [6.45, 7) is 0.0765. The highest BCUT2D eigenvalue weighted by Gasteiger charge is 2.27. The maximum absolute atomic E-state index is 9.11. The van der Waals surface area contributed by atoms with Gasteiger partial charge in [-0.15, -0.1) is 0 Å². The minimum Gasteiger partial charge on any atom is -0.439 e. The van der Waals surface area contributed by atoms with E-state index in [4.69, 9.17) is 15.7 Å². The first-order valence-corrected chi connectivity index (χ1v) is 7.02. The molecule has 1 aromatic carbocycles. The van der Waals surface area contributed by atoms with Crippen LogP contribution in [-0.4, -0.2) is 21.7 Å². The van der Waals surface area contributed by atoms with Crippen molar-refractivity contribution in [1.82, 2.24) is 9.97 Å². The van der Waals surface area contributed by atoms with Gasteiger partial charge in [-0.25, -0.2) is 10.8 Å². The zero-order valence-electron chi connectivity index (χ0n) is 11.6. The van der Waals surface area contributed by atoms with Crippen LogP contribution in [0, 0.1) is 0 Å². The summed E-state index contributed by atoms with van der Waals surface area (Å²) < 4.78 is 5.87. The molecule has 110 valence electrons. The van der Waals surface area contributed by atoms with Crippen molar-refractivity contribution in [3.63, 3.8) is 0 Å². The van der Waals surface area contributed by atoms with E-state index in [1.807, 2.05) is 24.3 Å². The number of benzene rings is 1. The molecular formula is C15H18N4O2. The van der Waals surface area contributed by atoms with Crippen molar-refractivity contribution in [2.75, 3.05) is 12.0 Å². The Labute approximate surface area is 123 Å². The SMILES string of the molecule is NNc1cc(Oc2ccccc2CCO)nc(C2CC2)n1. The molecule has 0 bridgehead atoms. The lowest BCUT2D eigenvalue weighted by atomic mass is 10.1. The summed E-state index contributed by atoms with van der Waals surface area (Å²) in [7, 11) is 0. The Morgan fingerprint density at radius 2 is 2.10 bits per heavy atom. The van der Waals surface area contributed by atoms with Gasteiger partial charge in [0.25, 0.3) is 0 Å². The van der Waals surface area contributed by atoms with Crippen LogP contribution in [0.15, 0.2) is 30.3 Å². The van der Waals surface area contributed by atoms with E-state index in [0.717, 1.165) is 24.2 Å². The van der Waals surface area contributed by atoms with Crippen molar-refractivity contribution in [2.24, 2.45) is 5.84 Å². The number of nitrogens with one attached hydrogen (secondary N) is 1. The number of hydrazine groups is 1. The first-order chi connectivity index (χ1) is 10.3. The van der Waals surface area contributed by atoms with E-state index in [1.54, 1.807) is 6.07 Å². The van der Waals surface area contributed by atoms with Gasteiger partial charge in [-0.3, -0.25) is 0 Å². The highest BCUT2D eigenvalue weighted by molar-refractivity contribution is 5.41. The highest BCUT2D eigenvalue weighted by Crippen LogP contribution is 2.39. The number of aromatic nitrogens is 2. The van der Waals surface area contributed by atoms with Crippen LogP contribution in [0.3, 0.4) is 0 Å². The van der Waals surface area contributed by atoms with E-state index in [2.05, 4.69) is 15.4 Å². The van der Waals surface area contributed by atoms with E-state index in [0.29, 0.717) is 29.8 Å². The standard InChI is InChI=1S/C15H18N4O2/c16-19-13-9-14(18-15(17-13)11-5-6-11)21-12-4-2-1-3-10(12)7-8-20/h1-4,9,11,20H,5-8,16H2,(H,17,18,19). The third-order valence-corrected chi connectivity index (χ3v) is 3.38. The van der Waals surface area contributed by atoms with Gasteiger partial charge < -0.3 is 15.3 Å². The van der Waals surface area contributed by atoms with Crippen molar-refractivity contribution in [2.45, 2.75) is 25.2 Å². The average molecular weight is 286 g/mol. The molecule has 1 aliphatic rings. The van der Waals surface area contributed by atoms with Crippen molar-refractivity contribution in [3.05, 3.63) is 41.7 Å². The highest BCUT2D eigenvalue weighted by atomic mass is 16.5. The molecule has 0 amide bonds. The van der Waals surface area contributed by atoms with E-state index in [9.17, 15) is 0 Å². The number of nitrogens with zero attached hydrogens (tertiary/aromatic N) is 2. The summed E-state index contributed by atoms with van der Waals surface area (Å²) in [4.78, 5) is 8.80. The lowest BCUT2D eigenvalue weighted by Gasteiger charge is -2.11. The third kappa shape index (κ3) is 3.29. The molecule has 4 N–H and O–H groups in total. The number of anilines is 1. The van der Waals surface area contributed by atoms with E-state index >= 15 is 0 Å². The Bertz CT molecular complexity index is 629. The smallest absolute Gasteiger partial charge is 0.224 e. The zero-order chi connectivity index (χ0) is 14.7. The van der Waals surface area contributed by atoms with Gasteiger partial charge in [0.15, 0.2) is 0 Å². The minimum atomic E-state index is 0.0765. The second-order valence-corrected chi connectivity index (χ2v) is 5.05. The molecule has 1 aliphatic carbocycles. The van der Waals surface area contributed by atoms with E-state index in [1.165, 1.54) is 0 Å². The summed E-state index contributed by atoms with van der Waals surface area (Å²) in [5.74, 6) is 8.32. The fourth-order valence-electron chi connectivity index (χ4n) is 2.14. The van der Waals surface area contributed by atoms with Crippen molar-refractivity contribution in [1.29, 1.82) is 0 Å². The number of ether oxygens (including phenoxy) is 1. The molecule has 1 heterocycles. The first-order valence-electron chi connectivity index (χ1n) is 7.02. The topological polar surface area (TPSA) is 93.3 Å². The summed E-state index contributed by atoms with van der Waals surface area (Å²) >= 11 is 0. The van der Waals surface area contributed by atoms with Crippen LogP contribution in [-0.2, 0) is 6.42 Å². The molecule has 0 spiro atoms. The zero-order valence-corrected chi connectivity index (χ0v) is 11.6. The molecule has 1 fully saturated rings. The number of aliphatic hydroxyl groups excluding tert-OH is 1. The maximum atomic E-state index is 9.11. The number of nitrogen functional groups attached to an aromatic ring is 1. The molecule has 2 aromatic rings. The summed E-state index contributed by atoms with van der Waals surface area (Å²) in [6, 6.07) is 9.26. The maximum Gasteiger partial charge on any atom is 0.224 e. The Balaban J connectivity index is 1.88. The van der Waals surface area contributed by atoms with Gasteiger partial charge in [0.2, 0.25) is 5.88 Å². The molecule has 6 nitrogen and oxygen atoms in total. The van der Waals surface area contributed by atoms with Crippen LogP contribution in [0.1, 0.15) is 30.1 Å². The molecule has 0 aliphatic heterocycles. The number of nitrogens with two attached hydrogens (primary N) is 1. The van der Waals surface area contributed by atoms with E-state index < -0.39 is 0 Å². The average Bonchev–Trinajstić information content (AvgIpc) is 3.34.